The lowest BCUT2D eigenvalue weighted by Crippen LogP contribution is -2.49. The molecule has 0 radical (unpaired) electrons. The second kappa shape index (κ2) is 9.01. The fourth-order valence-corrected chi connectivity index (χ4v) is 5.45. The molecule has 1 saturated heterocycles. The quantitative estimate of drug-likeness (QED) is 0.814. The Bertz CT molecular complexity index is 798. The molecule has 0 spiro atoms. The van der Waals surface area contributed by atoms with Crippen LogP contribution in [0.5, 0.6) is 0 Å². The molecule has 1 atom stereocenters. The van der Waals surface area contributed by atoms with Crippen molar-refractivity contribution in [2.45, 2.75) is 63.5 Å². The van der Waals surface area contributed by atoms with Crippen LogP contribution in [0.3, 0.4) is 0 Å². The first-order chi connectivity index (χ1) is 13.7. The van der Waals surface area contributed by atoms with Crippen molar-refractivity contribution >= 4 is 33.5 Å². The number of rotatable bonds is 4. The normalized spacial score (nSPS) is 21.5. The van der Waals surface area contributed by atoms with Gasteiger partial charge in [0, 0.05) is 6.04 Å². The number of para-hydroxylation sites is 1. The number of carbonyl (C=O) groups is 2. The highest BCUT2D eigenvalue weighted by Gasteiger charge is 2.28. The van der Waals surface area contributed by atoms with Gasteiger partial charge < -0.3 is 5.32 Å². The van der Waals surface area contributed by atoms with Gasteiger partial charge in [0.1, 0.15) is 5.01 Å². The first kappa shape index (κ1) is 19.3. The number of urea groups is 1. The fourth-order valence-electron chi connectivity index (χ4n) is 4.31. The van der Waals surface area contributed by atoms with Gasteiger partial charge in [-0.15, -0.1) is 11.3 Å². The van der Waals surface area contributed by atoms with Crippen LogP contribution < -0.4 is 10.6 Å². The summed E-state index contributed by atoms with van der Waals surface area (Å²) in [5.41, 5.74) is 1.02. The number of piperidine rings is 1. The second-order valence-corrected chi connectivity index (χ2v) is 8.92. The van der Waals surface area contributed by atoms with Crippen LogP contribution in [0, 0.1) is 0 Å². The molecule has 2 fully saturated rings. The van der Waals surface area contributed by atoms with E-state index in [0.29, 0.717) is 0 Å². The Kier molecular flexibility index (Phi) is 6.22. The summed E-state index contributed by atoms with van der Waals surface area (Å²) in [6.07, 6.45) is 8.76. The third-order valence-corrected chi connectivity index (χ3v) is 6.89. The van der Waals surface area contributed by atoms with Crippen LogP contribution in [0.1, 0.15) is 62.4 Å². The van der Waals surface area contributed by atoms with E-state index in [4.69, 9.17) is 4.98 Å². The topological polar surface area (TPSA) is 74.3 Å². The van der Waals surface area contributed by atoms with Crippen molar-refractivity contribution in [3.63, 3.8) is 0 Å². The van der Waals surface area contributed by atoms with E-state index in [2.05, 4.69) is 21.6 Å². The number of carbonyl (C=O) groups excluding carboxylic acids is 2. The summed E-state index contributed by atoms with van der Waals surface area (Å²) in [5.74, 6) is -0.235. The van der Waals surface area contributed by atoms with Crippen molar-refractivity contribution < 1.29 is 9.59 Å². The predicted octanol–water partition coefficient (Wildman–Crippen LogP) is 3.98. The highest BCUT2D eigenvalue weighted by Crippen LogP contribution is 2.35. The molecule has 1 unspecified atom stereocenters. The molecule has 1 saturated carbocycles. The molecule has 3 amide bonds. The Balaban J connectivity index is 1.36. The molecule has 6 nitrogen and oxygen atoms in total. The van der Waals surface area contributed by atoms with Gasteiger partial charge in [-0.05, 0) is 44.4 Å². The van der Waals surface area contributed by atoms with Crippen LogP contribution in [-0.4, -0.2) is 41.0 Å². The number of thiazole rings is 1. The standard InChI is InChI=1S/C21H28N4O2S/c26-19(24-21(27)22-15-8-2-1-3-9-15)14-25-13-7-6-11-17(25)20-23-16-10-4-5-12-18(16)28-20/h4-5,10,12,15,17H,1-3,6-9,11,13-14H2,(H2,22,24,26,27). The average molecular weight is 401 g/mol. The predicted molar refractivity (Wildman–Crippen MR) is 111 cm³/mol. The molecule has 7 heteroatoms. The molecule has 1 aromatic heterocycles. The second-order valence-electron chi connectivity index (χ2n) is 7.86. The van der Waals surface area contributed by atoms with Crippen molar-refractivity contribution in [1.29, 1.82) is 0 Å². The zero-order valence-corrected chi connectivity index (χ0v) is 17.0. The minimum Gasteiger partial charge on any atom is -0.335 e. The number of hydrogen-bond acceptors (Lipinski definition) is 5. The molecule has 2 N–H and O–H groups in total. The molecule has 4 rings (SSSR count). The summed E-state index contributed by atoms with van der Waals surface area (Å²) in [5, 5.41) is 6.54. The Hall–Kier alpha value is -1.99. The summed E-state index contributed by atoms with van der Waals surface area (Å²) in [7, 11) is 0. The minimum atomic E-state index is -0.356. The smallest absolute Gasteiger partial charge is 0.321 e. The number of imide groups is 1. The van der Waals surface area contributed by atoms with Gasteiger partial charge in [-0.3, -0.25) is 15.0 Å². The van der Waals surface area contributed by atoms with Gasteiger partial charge in [-0.1, -0.05) is 37.8 Å². The maximum atomic E-state index is 12.5. The van der Waals surface area contributed by atoms with E-state index in [0.717, 1.165) is 62.0 Å². The van der Waals surface area contributed by atoms with Crippen molar-refractivity contribution in [2.75, 3.05) is 13.1 Å². The summed E-state index contributed by atoms with van der Waals surface area (Å²) < 4.78 is 1.18. The van der Waals surface area contributed by atoms with Gasteiger partial charge in [0.15, 0.2) is 0 Å². The van der Waals surface area contributed by atoms with Gasteiger partial charge in [-0.25, -0.2) is 9.78 Å². The molecule has 28 heavy (non-hydrogen) atoms. The molecular formula is C21H28N4O2S. The van der Waals surface area contributed by atoms with Crippen LogP contribution in [-0.2, 0) is 4.79 Å². The van der Waals surface area contributed by atoms with E-state index in [1.807, 2.05) is 18.2 Å². The summed E-state index contributed by atoms with van der Waals surface area (Å²) in [6, 6.07) is 8.15. The largest absolute Gasteiger partial charge is 0.335 e. The lowest BCUT2D eigenvalue weighted by molar-refractivity contribution is -0.122. The third kappa shape index (κ3) is 4.70. The van der Waals surface area contributed by atoms with E-state index < -0.39 is 0 Å². The van der Waals surface area contributed by atoms with E-state index in [1.165, 1.54) is 11.1 Å². The highest BCUT2D eigenvalue weighted by molar-refractivity contribution is 7.18. The zero-order chi connectivity index (χ0) is 19.3. The summed E-state index contributed by atoms with van der Waals surface area (Å²) in [6.45, 7) is 1.09. The Labute approximate surface area is 169 Å². The Morgan fingerprint density at radius 1 is 1.07 bits per heavy atom. The lowest BCUT2D eigenvalue weighted by Gasteiger charge is -2.33. The number of aromatic nitrogens is 1. The van der Waals surface area contributed by atoms with Crippen molar-refractivity contribution in [3.05, 3.63) is 29.3 Å². The molecular weight excluding hydrogens is 372 g/mol. The minimum absolute atomic E-state index is 0.151. The first-order valence-corrected chi connectivity index (χ1v) is 11.2. The van der Waals surface area contributed by atoms with E-state index in [-0.39, 0.29) is 30.6 Å². The highest BCUT2D eigenvalue weighted by atomic mass is 32.1. The van der Waals surface area contributed by atoms with E-state index >= 15 is 0 Å². The summed E-state index contributed by atoms with van der Waals surface area (Å²) in [4.78, 5) is 31.6. The van der Waals surface area contributed by atoms with Crippen LogP contribution >= 0.6 is 11.3 Å². The molecule has 1 aliphatic carbocycles. The third-order valence-electron chi connectivity index (χ3n) is 5.75. The maximum Gasteiger partial charge on any atom is 0.321 e. The fraction of sp³-hybridized carbons (Fsp3) is 0.571. The van der Waals surface area contributed by atoms with Crippen molar-refractivity contribution in [3.8, 4) is 0 Å². The average Bonchev–Trinajstić information content (AvgIpc) is 3.13. The molecule has 2 aliphatic rings. The SMILES string of the molecule is O=C(CN1CCCCC1c1nc2ccccc2s1)NC(=O)NC1CCCCC1. The van der Waals surface area contributed by atoms with Crippen LogP contribution in [0.25, 0.3) is 10.2 Å². The Morgan fingerprint density at radius 2 is 1.86 bits per heavy atom. The van der Waals surface area contributed by atoms with Gasteiger partial charge in [0.05, 0.1) is 22.8 Å². The van der Waals surface area contributed by atoms with Gasteiger partial charge >= 0.3 is 6.03 Å². The van der Waals surface area contributed by atoms with Crippen LogP contribution in [0.15, 0.2) is 24.3 Å². The van der Waals surface area contributed by atoms with Gasteiger partial charge in [0.2, 0.25) is 5.91 Å². The van der Waals surface area contributed by atoms with Crippen LogP contribution in [0.4, 0.5) is 4.79 Å². The zero-order valence-electron chi connectivity index (χ0n) is 16.2. The van der Waals surface area contributed by atoms with E-state index in [1.54, 1.807) is 11.3 Å². The van der Waals surface area contributed by atoms with Crippen molar-refractivity contribution in [1.82, 2.24) is 20.5 Å². The van der Waals surface area contributed by atoms with Gasteiger partial charge in [0.25, 0.3) is 0 Å². The number of benzene rings is 1. The van der Waals surface area contributed by atoms with Crippen molar-refractivity contribution in [2.24, 2.45) is 0 Å². The summed E-state index contributed by atoms with van der Waals surface area (Å²) >= 11 is 1.71. The molecule has 2 heterocycles. The Morgan fingerprint density at radius 3 is 2.68 bits per heavy atom. The number of nitrogens with zero attached hydrogens (tertiary/aromatic N) is 2. The lowest BCUT2D eigenvalue weighted by atomic mass is 9.96. The monoisotopic (exact) mass is 400 g/mol. The number of likely N-dealkylation sites (tertiary alicyclic amines) is 1. The van der Waals surface area contributed by atoms with Crippen LogP contribution in [0.2, 0.25) is 0 Å². The number of amides is 3. The van der Waals surface area contributed by atoms with E-state index in [9.17, 15) is 9.59 Å². The molecule has 1 aliphatic heterocycles. The maximum absolute atomic E-state index is 12.5. The molecule has 1 aromatic carbocycles. The number of fused-ring (bicyclic) bond motifs is 1. The number of hydrogen-bond donors (Lipinski definition) is 2. The number of nitrogens with one attached hydrogen (secondary N) is 2. The van der Waals surface area contributed by atoms with Gasteiger partial charge in [-0.2, -0.15) is 0 Å². The molecule has 150 valence electrons. The molecule has 0 bridgehead atoms. The first-order valence-electron chi connectivity index (χ1n) is 10.4. The molecule has 2 aromatic rings.